The van der Waals surface area contributed by atoms with Crippen LogP contribution in [0.15, 0.2) is 0 Å². The predicted octanol–water partition coefficient (Wildman–Crippen LogP) is -1.07. The number of hydrogen-bond acceptors (Lipinski definition) is 5. The average Bonchev–Trinajstić information content (AvgIpc) is 2.82. The molecule has 6 heteroatoms. The molecule has 0 aliphatic carbocycles. The maximum absolute atomic E-state index is 12.1. The van der Waals surface area contributed by atoms with Gasteiger partial charge in [0.25, 0.3) is 0 Å². The van der Waals surface area contributed by atoms with Crippen molar-refractivity contribution in [1.29, 1.82) is 0 Å². The van der Waals surface area contributed by atoms with E-state index < -0.39 is 0 Å². The number of ether oxygens (including phenoxy) is 2. The molecule has 18 heavy (non-hydrogen) atoms. The molecule has 2 aliphatic heterocycles. The summed E-state index contributed by atoms with van der Waals surface area (Å²) >= 11 is 0. The first-order valence-corrected chi connectivity index (χ1v) is 6.47. The first-order chi connectivity index (χ1) is 8.74. The molecule has 1 amide bonds. The highest BCUT2D eigenvalue weighted by atomic mass is 16.5. The van der Waals surface area contributed by atoms with E-state index in [4.69, 9.17) is 9.47 Å². The fourth-order valence-electron chi connectivity index (χ4n) is 2.58. The Morgan fingerprint density at radius 3 is 2.78 bits per heavy atom. The Bertz CT molecular complexity index is 281. The first kappa shape index (κ1) is 13.7. The summed E-state index contributed by atoms with van der Waals surface area (Å²) in [7, 11) is 1.67. The number of aliphatic hydroxyl groups is 1. The van der Waals surface area contributed by atoms with E-state index in [9.17, 15) is 9.90 Å². The zero-order valence-electron chi connectivity index (χ0n) is 10.9. The SMILES string of the molecule is CO[C@@H]1C[C@@H](CO)N(CC(=O)N2CCOCC2)C1. The molecule has 104 valence electrons. The van der Waals surface area contributed by atoms with E-state index in [1.54, 1.807) is 7.11 Å². The third kappa shape index (κ3) is 3.20. The number of morpholine rings is 1. The number of rotatable bonds is 4. The number of aliphatic hydroxyl groups excluding tert-OH is 1. The molecule has 0 spiro atoms. The number of likely N-dealkylation sites (tertiary alicyclic amines) is 1. The second kappa shape index (κ2) is 6.47. The quantitative estimate of drug-likeness (QED) is 0.695. The molecule has 0 aromatic heterocycles. The van der Waals surface area contributed by atoms with E-state index >= 15 is 0 Å². The average molecular weight is 258 g/mol. The lowest BCUT2D eigenvalue weighted by Crippen LogP contribution is -2.47. The van der Waals surface area contributed by atoms with Crippen LogP contribution < -0.4 is 0 Å². The van der Waals surface area contributed by atoms with E-state index in [-0.39, 0.29) is 24.7 Å². The number of carbonyl (C=O) groups is 1. The molecule has 6 nitrogen and oxygen atoms in total. The van der Waals surface area contributed by atoms with Crippen molar-refractivity contribution < 1.29 is 19.4 Å². The Balaban J connectivity index is 1.85. The summed E-state index contributed by atoms with van der Waals surface area (Å²) in [5.74, 6) is 0.119. The lowest BCUT2D eigenvalue weighted by molar-refractivity contribution is -0.136. The minimum atomic E-state index is 0.0416. The van der Waals surface area contributed by atoms with Gasteiger partial charge in [0, 0.05) is 32.8 Å². The summed E-state index contributed by atoms with van der Waals surface area (Å²) in [6.07, 6.45) is 0.920. The summed E-state index contributed by atoms with van der Waals surface area (Å²) in [6.45, 7) is 3.75. The van der Waals surface area contributed by atoms with Gasteiger partial charge in [-0.25, -0.2) is 0 Å². The first-order valence-electron chi connectivity index (χ1n) is 6.47. The normalized spacial score (nSPS) is 29.8. The number of methoxy groups -OCH3 is 1. The summed E-state index contributed by atoms with van der Waals surface area (Å²) < 4.78 is 10.5. The van der Waals surface area contributed by atoms with Gasteiger partial charge in [0.05, 0.1) is 32.5 Å². The number of hydrogen-bond donors (Lipinski definition) is 1. The van der Waals surface area contributed by atoms with Crippen LogP contribution >= 0.6 is 0 Å². The lowest BCUT2D eigenvalue weighted by Gasteiger charge is -2.30. The zero-order chi connectivity index (χ0) is 13.0. The molecule has 1 N–H and O–H groups in total. The van der Waals surface area contributed by atoms with Crippen molar-refractivity contribution in [2.75, 3.05) is 53.1 Å². The minimum Gasteiger partial charge on any atom is -0.395 e. The van der Waals surface area contributed by atoms with Gasteiger partial charge in [-0.2, -0.15) is 0 Å². The fraction of sp³-hybridized carbons (Fsp3) is 0.917. The largest absolute Gasteiger partial charge is 0.395 e. The molecule has 0 radical (unpaired) electrons. The maximum atomic E-state index is 12.1. The van der Waals surface area contributed by atoms with Gasteiger partial charge in [0.1, 0.15) is 0 Å². The summed E-state index contributed by atoms with van der Waals surface area (Å²) in [5, 5.41) is 9.33. The molecule has 2 rings (SSSR count). The molecular weight excluding hydrogens is 236 g/mol. The van der Waals surface area contributed by atoms with Crippen molar-refractivity contribution in [3.63, 3.8) is 0 Å². The molecule has 0 aromatic rings. The molecule has 2 saturated heterocycles. The van der Waals surface area contributed by atoms with E-state index in [1.807, 2.05) is 9.80 Å². The highest BCUT2D eigenvalue weighted by Crippen LogP contribution is 2.19. The van der Waals surface area contributed by atoms with E-state index in [1.165, 1.54) is 0 Å². The van der Waals surface area contributed by atoms with Crippen molar-refractivity contribution in [2.24, 2.45) is 0 Å². The van der Waals surface area contributed by atoms with Gasteiger partial charge in [-0.3, -0.25) is 9.69 Å². The Morgan fingerprint density at radius 1 is 1.44 bits per heavy atom. The maximum Gasteiger partial charge on any atom is 0.236 e. The van der Waals surface area contributed by atoms with Crippen LogP contribution in [0.3, 0.4) is 0 Å². The molecule has 0 aromatic carbocycles. The van der Waals surface area contributed by atoms with Crippen molar-refractivity contribution in [3.05, 3.63) is 0 Å². The Labute approximate surface area is 107 Å². The van der Waals surface area contributed by atoms with Gasteiger partial charge in [-0.05, 0) is 6.42 Å². The van der Waals surface area contributed by atoms with Crippen molar-refractivity contribution in [2.45, 2.75) is 18.6 Å². The van der Waals surface area contributed by atoms with E-state index in [0.717, 1.165) is 13.0 Å². The van der Waals surface area contributed by atoms with E-state index in [0.29, 0.717) is 32.8 Å². The van der Waals surface area contributed by atoms with Crippen LogP contribution in [0, 0.1) is 0 Å². The highest BCUT2D eigenvalue weighted by molar-refractivity contribution is 5.78. The van der Waals surface area contributed by atoms with Crippen molar-refractivity contribution in [1.82, 2.24) is 9.80 Å². The van der Waals surface area contributed by atoms with Gasteiger partial charge in [0.15, 0.2) is 0 Å². The third-order valence-corrected chi connectivity index (χ3v) is 3.74. The zero-order valence-corrected chi connectivity index (χ0v) is 10.9. The third-order valence-electron chi connectivity index (χ3n) is 3.74. The molecule has 2 atom stereocenters. The smallest absolute Gasteiger partial charge is 0.236 e. The second-order valence-electron chi connectivity index (χ2n) is 4.85. The van der Waals surface area contributed by atoms with Crippen LogP contribution in [0.2, 0.25) is 0 Å². The fourth-order valence-corrected chi connectivity index (χ4v) is 2.58. The molecule has 2 fully saturated rings. The van der Waals surface area contributed by atoms with Crippen LogP contribution in [0.4, 0.5) is 0 Å². The topological polar surface area (TPSA) is 62.2 Å². The number of amides is 1. The van der Waals surface area contributed by atoms with Crippen molar-refractivity contribution >= 4 is 5.91 Å². The van der Waals surface area contributed by atoms with Crippen molar-refractivity contribution in [3.8, 4) is 0 Å². The molecule has 0 unspecified atom stereocenters. The lowest BCUT2D eigenvalue weighted by atomic mass is 10.2. The van der Waals surface area contributed by atoms with E-state index in [2.05, 4.69) is 0 Å². The molecule has 2 heterocycles. The molecule has 0 bridgehead atoms. The number of nitrogens with zero attached hydrogens (tertiary/aromatic N) is 2. The molecule has 2 aliphatic rings. The number of carbonyl (C=O) groups excluding carboxylic acids is 1. The van der Waals surface area contributed by atoms with Crippen LogP contribution in [0.25, 0.3) is 0 Å². The van der Waals surface area contributed by atoms with Crippen LogP contribution in [0.1, 0.15) is 6.42 Å². The molecular formula is C12H22N2O4. The Hall–Kier alpha value is -0.690. The Kier molecular flexibility index (Phi) is 4.94. The minimum absolute atomic E-state index is 0.0416. The van der Waals surface area contributed by atoms with Gasteiger partial charge in [0.2, 0.25) is 5.91 Å². The van der Waals surface area contributed by atoms with Crippen LogP contribution in [-0.4, -0.2) is 86.1 Å². The highest BCUT2D eigenvalue weighted by Gasteiger charge is 2.33. The summed E-state index contributed by atoms with van der Waals surface area (Å²) in [6, 6.07) is 0.0416. The summed E-state index contributed by atoms with van der Waals surface area (Å²) in [5.41, 5.74) is 0. The molecule has 0 saturated carbocycles. The van der Waals surface area contributed by atoms with Gasteiger partial charge in [-0.1, -0.05) is 0 Å². The Morgan fingerprint density at radius 2 is 2.17 bits per heavy atom. The predicted molar refractivity (Wildman–Crippen MR) is 65.3 cm³/mol. The van der Waals surface area contributed by atoms with Crippen LogP contribution in [-0.2, 0) is 14.3 Å². The van der Waals surface area contributed by atoms with Crippen LogP contribution in [0.5, 0.6) is 0 Å². The standard InChI is InChI=1S/C12H22N2O4/c1-17-11-6-10(9-15)14(7-11)8-12(16)13-2-4-18-5-3-13/h10-11,15H,2-9H2,1H3/t10-,11+/m0/s1. The second-order valence-corrected chi connectivity index (χ2v) is 4.85. The summed E-state index contributed by atoms with van der Waals surface area (Å²) in [4.78, 5) is 16.0. The van der Waals surface area contributed by atoms with Gasteiger partial charge in [-0.15, -0.1) is 0 Å². The van der Waals surface area contributed by atoms with Gasteiger partial charge < -0.3 is 19.5 Å². The van der Waals surface area contributed by atoms with Gasteiger partial charge >= 0.3 is 0 Å². The monoisotopic (exact) mass is 258 g/mol.